The molecule has 3 atom stereocenters. The van der Waals surface area contributed by atoms with E-state index in [1.807, 2.05) is 24.3 Å². The number of carbonyl (C=O) groups excluding carboxylic acids is 1. The second kappa shape index (κ2) is 6.37. The molecule has 1 aromatic carbocycles. The van der Waals surface area contributed by atoms with Crippen LogP contribution in [0.5, 0.6) is 11.5 Å². The highest BCUT2D eigenvalue weighted by atomic mass is 16.5. The summed E-state index contributed by atoms with van der Waals surface area (Å²) in [6.07, 6.45) is 4.93. The summed E-state index contributed by atoms with van der Waals surface area (Å²) >= 11 is 0. The van der Waals surface area contributed by atoms with E-state index in [-0.39, 0.29) is 11.8 Å². The number of ether oxygens (including phenoxy) is 2. The van der Waals surface area contributed by atoms with Gasteiger partial charge in [0.05, 0.1) is 13.7 Å². The number of hydrogen-bond donors (Lipinski definition) is 1. The van der Waals surface area contributed by atoms with Crippen molar-refractivity contribution in [3.63, 3.8) is 0 Å². The zero-order valence-corrected chi connectivity index (χ0v) is 12.5. The second-order valence-corrected chi connectivity index (χ2v) is 6.10. The molecule has 1 amide bonds. The molecule has 0 radical (unpaired) electrons. The number of hydrogen-bond acceptors (Lipinski definition) is 3. The van der Waals surface area contributed by atoms with Crippen molar-refractivity contribution in [3.8, 4) is 11.5 Å². The molecule has 4 nitrogen and oxygen atoms in total. The molecule has 0 aromatic heterocycles. The van der Waals surface area contributed by atoms with Crippen molar-refractivity contribution < 1.29 is 14.3 Å². The molecule has 0 heterocycles. The smallest absolute Gasteiger partial charge is 0.223 e. The average Bonchev–Trinajstić information content (AvgIpc) is 3.15. The van der Waals surface area contributed by atoms with E-state index in [0.29, 0.717) is 19.1 Å². The SMILES string of the molecule is COc1ccc(OCCNC(=O)C2CC3CCC2C3)cc1. The summed E-state index contributed by atoms with van der Waals surface area (Å²) in [5, 5.41) is 3.01. The Labute approximate surface area is 125 Å². The molecule has 1 aromatic rings. The van der Waals surface area contributed by atoms with Crippen LogP contribution in [-0.2, 0) is 4.79 Å². The minimum Gasteiger partial charge on any atom is -0.497 e. The van der Waals surface area contributed by atoms with E-state index < -0.39 is 0 Å². The third kappa shape index (κ3) is 3.31. The maximum Gasteiger partial charge on any atom is 0.223 e. The van der Waals surface area contributed by atoms with E-state index in [2.05, 4.69) is 5.32 Å². The summed E-state index contributed by atoms with van der Waals surface area (Å²) in [5.74, 6) is 3.53. The topological polar surface area (TPSA) is 47.6 Å². The molecule has 21 heavy (non-hydrogen) atoms. The molecule has 1 N–H and O–H groups in total. The predicted molar refractivity (Wildman–Crippen MR) is 80.4 cm³/mol. The first-order valence-corrected chi connectivity index (χ1v) is 7.81. The molecule has 2 bridgehead atoms. The number of amides is 1. The molecule has 0 spiro atoms. The van der Waals surface area contributed by atoms with Gasteiger partial charge in [0.15, 0.2) is 0 Å². The van der Waals surface area contributed by atoms with E-state index in [0.717, 1.165) is 23.8 Å². The second-order valence-electron chi connectivity index (χ2n) is 6.10. The minimum atomic E-state index is 0.223. The van der Waals surface area contributed by atoms with Crippen molar-refractivity contribution in [1.82, 2.24) is 5.32 Å². The maximum atomic E-state index is 12.1. The summed E-state index contributed by atoms with van der Waals surface area (Å²) < 4.78 is 10.7. The highest BCUT2D eigenvalue weighted by Gasteiger charge is 2.42. The van der Waals surface area contributed by atoms with Gasteiger partial charge in [-0.05, 0) is 55.4 Å². The molecule has 114 valence electrons. The molecule has 2 saturated carbocycles. The molecule has 0 aliphatic heterocycles. The standard InChI is InChI=1S/C17H23NO3/c1-20-14-4-6-15(7-5-14)21-9-8-18-17(19)16-11-12-2-3-13(16)10-12/h4-7,12-13,16H,2-3,8-11H2,1H3,(H,18,19). The number of rotatable bonds is 6. The van der Waals surface area contributed by atoms with Crippen LogP contribution in [-0.4, -0.2) is 26.2 Å². The molecule has 4 heteroatoms. The van der Waals surface area contributed by atoms with Crippen molar-refractivity contribution in [3.05, 3.63) is 24.3 Å². The van der Waals surface area contributed by atoms with Crippen LogP contribution >= 0.6 is 0 Å². The summed E-state index contributed by atoms with van der Waals surface area (Å²) in [5.41, 5.74) is 0. The first kappa shape index (κ1) is 14.2. The fourth-order valence-electron chi connectivity index (χ4n) is 3.71. The van der Waals surface area contributed by atoms with E-state index in [4.69, 9.17) is 9.47 Å². The molecular weight excluding hydrogens is 266 g/mol. The molecule has 2 fully saturated rings. The van der Waals surface area contributed by atoms with Crippen molar-refractivity contribution in [2.45, 2.75) is 25.7 Å². The van der Waals surface area contributed by atoms with E-state index >= 15 is 0 Å². The first-order chi connectivity index (χ1) is 10.3. The van der Waals surface area contributed by atoms with Gasteiger partial charge in [0.2, 0.25) is 5.91 Å². The van der Waals surface area contributed by atoms with Crippen LogP contribution in [0.2, 0.25) is 0 Å². The largest absolute Gasteiger partial charge is 0.497 e. The lowest BCUT2D eigenvalue weighted by molar-refractivity contribution is -0.126. The highest BCUT2D eigenvalue weighted by Crippen LogP contribution is 2.48. The lowest BCUT2D eigenvalue weighted by atomic mass is 9.88. The van der Waals surface area contributed by atoms with Crippen molar-refractivity contribution in [2.75, 3.05) is 20.3 Å². The lowest BCUT2D eigenvalue weighted by Crippen LogP contribution is -2.36. The van der Waals surface area contributed by atoms with E-state index in [1.54, 1.807) is 7.11 Å². The summed E-state index contributed by atoms with van der Waals surface area (Å²) in [7, 11) is 1.64. The van der Waals surface area contributed by atoms with Crippen molar-refractivity contribution in [2.24, 2.45) is 17.8 Å². The van der Waals surface area contributed by atoms with Gasteiger partial charge in [0.1, 0.15) is 18.1 Å². The molecule has 3 unspecified atom stereocenters. The fraction of sp³-hybridized carbons (Fsp3) is 0.588. The Morgan fingerprint density at radius 2 is 1.95 bits per heavy atom. The molecule has 0 saturated heterocycles. The predicted octanol–water partition coefficient (Wildman–Crippen LogP) is 2.63. The first-order valence-electron chi connectivity index (χ1n) is 7.81. The summed E-state index contributed by atoms with van der Waals surface area (Å²) in [6.45, 7) is 1.07. The van der Waals surface area contributed by atoms with Gasteiger partial charge in [-0.2, -0.15) is 0 Å². The molecule has 2 aliphatic rings. The zero-order chi connectivity index (χ0) is 14.7. The quantitative estimate of drug-likeness (QED) is 0.819. The van der Waals surface area contributed by atoms with E-state index in [9.17, 15) is 4.79 Å². The minimum absolute atomic E-state index is 0.223. The Balaban J connectivity index is 1.37. The van der Waals surface area contributed by atoms with Gasteiger partial charge in [0.25, 0.3) is 0 Å². The van der Waals surface area contributed by atoms with Gasteiger partial charge in [-0.25, -0.2) is 0 Å². The summed E-state index contributed by atoms with van der Waals surface area (Å²) in [6, 6.07) is 7.47. The molecule has 2 aliphatic carbocycles. The van der Waals surface area contributed by atoms with Crippen molar-refractivity contribution >= 4 is 5.91 Å². The van der Waals surface area contributed by atoms with Crippen LogP contribution in [0.3, 0.4) is 0 Å². The van der Waals surface area contributed by atoms with Crippen LogP contribution < -0.4 is 14.8 Å². The van der Waals surface area contributed by atoms with Gasteiger partial charge in [0, 0.05) is 5.92 Å². The Kier molecular flexibility index (Phi) is 4.32. The Morgan fingerprint density at radius 3 is 2.57 bits per heavy atom. The third-order valence-corrected chi connectivity index (χ3v) is 4.80. The number of methoxy groups -OCH3 is 1. The van der Waals surface area contributed by atoms with Crippen LogP contribution in [0.25, 0.3) is 0 Å². The normalized spacial score (nSPS) is 26.6. The number of carbonyl (C=O) groups is 1. The van der Waals surface area contributed by atoms with Crippen LogP contribution in [0.4, 0.5) is 0 Å². The van der Waals surface area contributed by atoms with Gasteiger partial charge < -0.3 is 14.8 Å². The van der Waals surface area contributed by atoms with Crippen LogP contribution in [0.15, 0.2) is 24.3 Å². The van der Waals surface area contributed by atoms with Gasteiger partial charge >= 0.3 is 0 Å². The average molecular weight is 289 g/mol. The van der Waals surface area contributed by atoms with Crippen LogP contribution in [0, 0.1) is 17.8 Å². The number of fused-ring (bicyclic) bond motifs is 2. The monoisotopic (exact) mass is 289 g/mol. The summed E-state index contributed by atoms with van der Waals surface area (Å²) in [4.78, 5) is 12.1. The Morgan fingerprint density at radius 1 is 1.19 bits per heavy atom. The van der Waals surface area contributed by atoms with Crippen molar-refractivity contribution in [1.29, 1.82) is 0 Å². The highest BCUT2D eigenvalue weighted by molar-refractivity contribution is 5.79. The lowest BCUT2D eigenvalue weighted by Gasteiger charge is -2.20. The molecular formula is C17H23NO3. The maximum absolute atomic E-state index is 12.1. The van der Waals surface area contributed by atoms with E-state index in [1.165, 1.54) is 19.3 Å². The van der Waals surface area contributed by atoms with Crippen LogP contribution in [0.1, 0.15) is 25.7 Å². The number of benzene rings is 1. The fourth-order valence-corrected chi connectivity index (χ4v) is 3.71. The Bertz CT molecular complexity index is 485. The van der Waals surface area contributed by atoms with Gasteiger partial charge in [-0.1, -0.05) is 6.42 Å². The third-order valence-electron chi connectivity index (χ3n) is 4.80. The number of nitrogens with one attached hydrogen (secondary N) is 1. The zero-order valence-electron chi connectivity index (χ0n) is 12.5. The van der Waals surface area contributed by atoms with Gasteiger partial charge in [-0.3, -0.25) is 4.79 Å². The van der Waals surface area contributed by atoms with Gasteiger partial charge in [-0.15, -0.1) is 0 Å². The molecule has 3 rings (SSSR count). The Hall–Kier alpha value is -1.71.